The van der Waals surface area contributed by atoms with Gasteiger partial charge in [-0.3, -0.25) is 14.4 Å². The van der Waals surface area contributed by atoms with Crippen molar-refractivity contribution >= 4 is 35.2 Å². The van der Waals surface area contributed by atoms with Gasteiger partial charge in [0.2, 0.25) is 11.8 Å². The Morgan fingerprint density at radius 1 is 1.38 bits per heavy atom. The summed E-state index contributed by atoms with van der Waals surface area (Å²) in [4.78, 5) is 37.3. The van der Waals surface area contributed by atoms with Crippen LogP contribution >= 0.6 is 11.8 Å². The third kappa shape index (κ3) is 4.07. The number of imide groups is 1. The largest absolute Gasteiger partial charge is 0.497 e. The van der Waals surface area contributed by atoms with Crippen LogP contribution in [0.15, 0.2) is 24.3 Å². The van der Waals surface area contributed by atoms with Gasteiger partial charge in [0.05, 0.1) is 24.7 Å². The van der Waals surface area contributed by atoms with E-state index in [1.54, 1.807) is 38.3 Å². The summed E-state index contributed by atoms with van der Waals surface area (Å²) in [7, 11) is 1.54. The van der Waals surface area contributed by atoms with Crippen molar-refractivity contribution in [3.05, 3.63) is 24.3 Å². The second kappa shape index (κ2) is 8.16. The first-order chi connectivity index (χ1) is 11.5. The fourth-order valence-corrected chi connectivity index (χ4v) is 3.36. The molecule has 0 bridgehead atoms. The minimum absolute atomic E-state index is 0.0884. The lowest BCUT2D eigenvalue weighted by atomic mass is 10.3. The van der Waals surface area contributed by atoms with Crippen LogP contribution < -0.4 is 15.4 Å². The number of benzene rings is 1. The predicted molar refractivity (Wildman–Crippen MR) is 91.0 cm³/mol. The van der Waals surface area contributed by atoms with E-state index in [9.17, 15) is 14.4 Å². The molecule has 1 aliphatic heterocycles. The zero-order chi connectivity index (χ0) is 17.7. The second-order valence-electron chi connectivity index (χ2n) is 5.15. The van der Waals surface area contributed by atoms with Crippen LogP contribution in [0.25, 0.3) is 0 Å². The molecule has 2 amide bonds. The fourth-order valence-electron chi connectivity index (χ4n) is 2.27. The van der Waals surface area contributed by atoms with E-state index in [-0.39, 0.29) is 30.6 Å². The number of anilines is 1. The van der Waals surface area contributed by atoms with E-state index in [2.05, 4.69) is 0 Å². The first-order valence-corrected chi connectivity index (χ1v) is 8.57. The highest BCUT2D eigenvalue weighted by Gasteiger charge is 2.40. The normalized spacial score (nSPS) is 18.6. The van der Waals surface area contributed by atoms with Crippen molar-refractivity contribution in [1.29, 1.82) is 0 Å². The number of nitrogens with zero attached hydrogens (tertiary/aromatic N) is 1. The molecule has 0 aliphatic carbocycles. The van der Waals surface area contributed by atoms with Gasteiger partial charge in [0.15, 0.2) is 0 Å². The maximum absolute atomic E-state index is 12.5. The Morgan fingerprint density at radius 3 is 2.62 bits per heavy atom. The lowest BCUT2D eigenvalue weighted by Crippen LogP contribution is -2.36. The quantitative estimate of drug-likeness (QED) is 0.576. The monoisotopic (exact) mass is 352 g/mol. The van der Waals surface area contributed by atoms with E-state index < -0.39 is 17.3 Å². The second-order valence-corrected chi connectivity index (χ2v) is 6.39. The number of nitrogens with two attached hydrogens (primary N) is 1. The molecule has 1 aliphatic rings. The van der Waals surface area contributed by atoms with E-state index in [4.69, 9.17) is 15.2 Å². The average Bonchev–Trinajstić information content (AvgIpc) is 2.86. The molecule has 1 saturated heterocycles. The number of ether oxygens (including phenoxy) is 2. The van der Waals surface area contributed by atoms with Gasteiger partial charge in [-0.05, 0) is 31.2 Å². The molecule has 2 rings (SSSR count). The molecule has 1 heterocycles. The Labute approximate surface area is 144 Å². The van der Waals surface area contributed by atoms with Gasteiger partial charge in [-0.25, -0.2) is 4.90 Å². The van der Waals surface area contributed by atoms with Crippen molar-refractivity contribution in [2.45, 2.75) is 24.6 Å². The van der Waals surface area contributed by atoms with Gasteiger partial charge in [-0.2, -0.15) is 0 Å². The highest BCUT2D eigenvalue weighted by Crippen LogP contribution is 2.30. The molecule has 2 atom stereocenters. The molecule has 1 fully saturated rings. The van der Waals surface area contributed by atoms with Crippen LogP contribution in [0.3, 0.4) is 0 Å². The first-order valence-electron chi connectivity index (χ1n) is 7.52. The van der Waals surface area contributed by atoms with Gasteiger partial charge < -0.3 is 15.2 Å². The first kappa shape index (κ1) is 18.3. The summed E-state index contributed by atoms with van der Waals surface area (Å²) < 4.78 is 9.89. The maximum Gasteiger partial charge on any atom is 0.323 e. The summed E-state index contributed by atoms with van der Waals surface area (Å²) in [6.07, 6.45) is 0.0884. The number of carbonyl (C=O) groups is 3. The molecule has 0 aromatic heterocycles. The standard InChI is InChI=1S/C16H20N2O5S/c1-3-23-16(21)12(17)9-24-13-8-14(19)18(15(13)20)10-4-6-11(22-2)7-5-10/h4-7,12-13H,3,8-9,17H2,1-2H3/t12-,13-/m0/s1. The lowest BCUT2D eigenvalue weighted by Gasteiger charge is -2.16. The van der Waals surface area contributed by atoms with E-state index in [1.165, 1.54) is 11.8 Å². The van der Waals surface area contributed by atoms with Crippen molar-refractivity contribution in [3.63, 3.8) is 0 Å². The molecule has 2 N–H and O–H groups in total. The van der Waals surface area contributed by atoms with Crippen LogP contribution in [-0.4, -0.2) is 48.5 Å². The SMILES string of the molecule is CCOC(=O)[C@@H](N)CS[C@H]1CC(=O)N(c2ccc(OC)cc2)C1=O. The molecule has 1 aromatic carbocycles. The van der Waals surface area contributed by atoms with Gasteiger partial charge >= 0.3 is 5.97 Å². The number of hydrogen-bond donors (Lipinski definition) is 1. The van der Waals surface area contributed by atoms with E-state index in [0.29, 0.717) is 11.4 Å². The summed E-state index contributed by atoms with van der Waals surface area (Å²) in [6.45, 7) is 1.95. The molecule has 0 saturated carbocycles. The molecule has 0 unspecified atom stereocenters. The average molecular weight is 352 g/mol. The minimum Gasteiger partial charge on any atom is -0.497 e. The smallest absolute Gasteiger partial charge is 0.323 e. The zero-order valence-corrected chi connectivity index (χ0v) is 14.4. The van der Waals surface area contributed by atoms with Crippen molar-refractivity contribution in [2.75, 3.05) is 24.4 Å². The molecule has 7 nitrogen and oxygen atoms in total. The van der Waals surface area contributed by atoms with Crippen molar-refractivity contribution in [1.82, 2.24) is 0 Å². The number of esters is 1. The van der Waals surface area contributed by atoms with Crippen LogP contribution in [0, 0.1) is 0 Å². The topological polar surface area (TPSA) is 98.9 Å². The molecule has 130 valence electrons. The molecule has 24 heavy (non-hydrogen) atoms. The Hall–Kier alpha value is -2.06. The predicted octanol–water partition coefficient (Wildman–Crippen LogP) is 0.951. The van der Waals surface area contributed by atoms with Crippen LogP contribution in [-0.2, 0) is 19.1 Å². The van der Waals surface area contributed by atoms with Gasteiger partial charge in [0, 0.05) is 12.2 Å². The van der Waals surface area contributed by atoms with Crippen molar-refractivity contribution in [2.24, 2.45) is 5.73 Å². The Bertz CT molecular complexity index is 619. The van der Waals surface area contributed by atoms with Gasteiger partial charge in [0.25, 0.3) is 0 Å². The summed E-state index contributed by atoms with van der Waals surface area (Å²) >= 11 is 1.20. The number of carbonyl (C=O) groups excluding carboxylic acids is 3. The number of methoxy groups -OCH3 is 1. The minimum atomic E-state index is -0.812. The molecule has 0 radical (unpaired) electrons. The maximum atomic E-state index is 12.5. The highest BCUT2D eigenvalue weighted by molar-refractivity contribution is 8.00. The third-order valence-electron chi connectivity index (χ3n) is 3.50. The number of thioether (sulfide) groups is 1. The number of rotatable bonds is 7. The van der Waals surface area contributed by atoms with E-state index in [1.807, 2.05) is 0 Å². The van der Waals surface area contributed by atoms with Crippen LogP contribution in [0.4, 0.5) is 5.69 Å². The molecular formula is C16H20N2O5S. The summed E-state index contributed by atoms with van der Waals surface area (Å²) in [5.74, 6) is -0.213. The van der Waals surface area contributed by atoms with Gasteiger partial charge in [-0.1, -0.05) is 0 Å². The summed E-state index contributed by atoms with van der Waals surface area (Å²) in [5, 5.41) is -0.542. The molecule has 0 spiro atoms. The molecule has 8 heteroatoms. The molecular weight excluding hydrogens is 332 g/mol. The number of amides is 2. The highest BCUT2D eigenvalue weighted by atomic mass is 32.2. The van der Waals surface area contributed by atoms with E-state index in [0.717, 1.165) is 4.90 Å². The van der Waals surface area contributed by atoms with Gasteiger partial charge in [-0.15, -0.1) is 11.8 Å². The Kier molecular flexibility index (Phi) is 6.22. The summed E-state index contributed by atoms with van der Waals surface area (Å²) in [5.41, 5.74) is 6.22. The van der Waals surface area contributed by atoms with Crippen LogP contribution in [0.5, 0.6) is 5.75 Å². The zero-order valence-electron chi connectivity index (χ0n) is 13.6. The van der Waals surface area contributed by atoms with Crippen LogP contribution in [0.1, 0.15) is 13.3 Å². The number of hydrogen-bond acceptors (Lipinski definition) is 7. The fraction of sp³-hybridized carbons (Fsp3) is 0.438. The Balaban J connectivity index is 1.99. The van der Waals surface area contributed by atoms with E-state index >= 15 is 0 Å². The van der Waals surface area contributed by atoms with Gasteiger partial charge in [0.1, 0.15) is 11.8 Å². The van der Waals surface area contributed by atoms with Crippen LogP contribution in [0.2, 0.25) is 0 Å². The lowest BCUT2D eigenvalue weighted by molar-refractivity contribution is -0.144. The van der Waals surface area contributed by atoms with Crippen molar-refractivity contribution < 1.29 is 23.9 Å². The summed E-state index contributed by atoms with van der Waals surface area (Å²) in [6, 6.07) is 5.88. The Morgan fingerprint density at radius 2 is 2.04 bits per heavy atom. The van der Waals surface area contributed by atoms with Crippen molar-refractivity contribution in [3.8, 4) is 5.75 Å². The molecule has 1 aromatic rings. The third-order valence-corrected chi connectivity index (χ3v) is 4.82.